The molecule has 30 heavy (non-hydrogen) atoms. The van der Waals surface area contributed by atoms with Crippen molar-refractivity contribution in [2.24, 2.45) is 0 Å². The van der Waals surface area contributed by atoms with Crippen molar-refractivity contribution in [1.29, 1.82) is 0 Å². The van der Waals surface area contributed by atoms with Crippen LogP contribution in [-0.4, -0.2) is 40.0 Å². The van der Waals surface area contributed by atoms with Crippen LogP contribution in [0.1, 0.15) is 6.92 Å². The van der Waals surface area contributed by atoms with E-state index in [4.69, 9.17) is 9.47 Å². The molecule has 0 N–H and O–H groups in total. The summed E-state index contributed by atoms with van der Waals surface area (Å²) in [7, 11) is 3.04. The van der Waals surface area contributed by atoms with Gasteiger partial charge in [-0.15, -0.1) is 0 Å². The molecular weight excluding hydrogens is 398 g/mol. The van der Waals surface area contributed by atoms with E-state index in [9.17, 15) is 4.79 Å². The molecule has 0 unspecified atom stereocenters. The molecule has 6 nitrogen and oxygen atoms in total. The second kappa shape index (κ2) is 8.59. The number of nitrogens with zero attached hydrogens (tertiary/aromatic N) is 3. The second-order valence-electron chi connectivity index (χ2n) is 6.64. The largest absolute Gasteiger partial charge is 0.497 e. The third-order valence-corrected chi connectivity index (χ3v) is 5.88. The first kappa shape index (κ1) is 20.0. The lowest BCUT2D eigenvalue weighted by atomic mass is 10.1. The van der Waals surface area contributed by atoms with Crippen LogP contribution in [0.5, 0.6) is 5.75 Å². The van der Waals surface area contributed by atoms with Gasteiger partial charge in [0.2, 0.25) is 0 Å². The quantitative estimate of drug-likeness (QED) is 0.255. The molecule has 1 atom stereocenters. The van der Waals surface area contributed by atoms with Gasteiger partial charge in [-0.2, -0.15) is 0 Å². The molecule has 4 aromatic rings. The highest BCUT2D eigenvalue weighted by Gasteiger charge is 2.22. The molecule has 0 aliphatic rings. The Morgan fingerprint density at radius 2 is 1.77 bits per heavy atom. The van der Waals surface area contributed by atoms with Crippen molar-refractivity contribution >= 4 is 28.8 Å². The van der Waals surface area contributed by atoms with E-state index < -0.39 is 0 Å². The average molecular weight is 420 g/mol. The average Bonchev–Trinajstić information content (AvgIpc) is 3.20. The third kappa shape index (κ3) is 3.76. The fraction of sp³-hybridized carbons (Fsp3) is 0.174. The third-order valence-electron chi connectivity index (χ3n) is 4.81. The summed E-state index contributed by atoms with van der Waals surface area (Å²) in [6.07, 6.45) is 3.59. The summed E-state index contributed by atoms with van der Waals surface area (Å²) < 4.78 is 12.2. The molecule has 0 spiro atoms. The molecule has 0 radical (unpaired) electrons. The first-order valence-electron chi connectivity index (χ1n) is 9.42. The summed E-state index contributed by atoms with van der Waals surface area (Å²) in [6, 6.07) is 17.9. The molecule has 0 saturated heterocycles. The minimum Gasteiger partial charge on any atom is -0.497 e. The standard InChI is InChI=1S/C23H21N3O3S/c1-15(23(27)29-3)30-22-20-19(16-7-5-4-6-8-16)13-26(21(20)24-14-25-22)17-9-11-18(28-2)12-10-17/h4-15H,1-3H3/t15-/m0/s1. The van der Waals surface area contributed by atoms with E-state index in [0.717, 1.165) is 38.6 Å². The summed E-state index contributed by atoms with van der Waals surface area (Å²) >= 11 is 1.37. The molecule has 152 valence electrons. The van der Waals surface area contributed by atoms with Crippen LogP contribution in [0.15, 0.2) is 72.1 Å². The normalized spacial score (nSPS) is 12.0. The Balaban J connectivity index is 1.92. The Kier molecular flexibility index (Phi) is 5.72. The number of hydrogen-bond acceptors (Lipinski definition) is 6. The number of fused-ring (bicyclic) bond motifs is 1. The van der Waals surface area contributed by atoms with Crippen molar-refractivity contribution in [3.05, 3.63) is 67.1 Å². The van der Waals surface area contributed by atoms with Crippen molar-refractivity contribution in [3.8, 4) is 22.6 Å². The van der Waals surface area contributed by atoms with Crippen molar-refractivity contribution in [2.75, 3.05) is 14.2 Å². The number of esters is 1. The van der Waals surface area contributed by atoms with Crippen LogP contribution in [0.4, 0.5) is 0 Å². The number of aromatic nitrogens is 3. The topological polar surface area (TPSA) is 66.2 Å². The molecule has 0 bridgehead atoms. The van der Waals surface area contributed by atoms with Crippen molar-refractivity contribution in [3.63, 3.8) is 0 Å². The van der Waals surface area contributed by atoms with E-state index in [1.54, 1.807) is 7.11 Å². The monoisotopic (exact) mass is 419 g/mol. The van der Waals surface area contributed by atoms with Gasteiger partial charge < -0.3 is 14.0 Å². The zero-order valence-electron chi connectivity index (χ0n) is 16.9. The van der Waals surface area contributed by atoms with Crippen LogP contribution >= 0.6 is 11.8 Å². The molecular formula is C23H21N3O3S. The van der Waals surface area contributed by atoms with Gasteiger partial charge in [-0.25, -0.2) is 9.97 Å². The van der Waals surface area contributed by atoms with Gasteiger partial charge in [-0.3, -0.25) is 4.79 Å². The molecule has 0 aliphatic heterocycles. The van der Waals surface area contributed by atoms with Crippen molar-refractivity contribution < 1.29 is 14.3 Å². The molecule has 7 heteroatoms. The lowest BCUT2D eigenvalue weighted by molar-refractivity contribution is -0.139. The molecule has 2 aromatic heterocycles. The Bertz CT molecular complexity index is 1170. The molecule has 0 aliphatic carbocycles. The molecule has 0 fully saturated rings. The van der Waals surface area contributed by atoms with Crippen molar-refractivity contribution in [2.45, 2.75) is 17.2 Å². The summed E-state index contributed by atoms with van der Waals surface area (Å²) in [6.45, 7) is 1.81. The number of carbonyl (C=O) groups is 1. The van der Waals surface area contributed by atoms with E-state index in [-0.39, 0.29) is 11.2 Å². The summed E-state index contributed by atoms with van der Waals surface area (Å²) in [5, 5.41) is 1.25. The fourth-order valence-corrected chi connectivity index (χ4v) is 4.24. The van der Waals surface area contributed by atoms with Crippen LogP contribution in [0.25, 0.3) is 27.8 Å². The predicted octanol–water partition coefficient (Wildman–Crippen LogP) is 4.75. The van der Waals surface area contributed by atoms with Crippen LogP contribution in [0, 0.1) is 0 Å². The minimum absolute atomic E-state index is 0.289. The van der Waals surface area contributed by atoms with E-state index in [1.807, 2.05) is 54.0 Å². The highest BCUT2D eigenvalue weighted by molar-refractivity contribution is 8.00. The second-order valence-corrected chi connectivity index (χ2v) is 7.97. The maximum Gasteiger partial charge on any atom is 0.318 e. The van der Waals surface area contributed by atoms with Gasteiger partial charge in [-0.05, 0) is 36.8 Å². The summed E-state index contributed by atoms with van der Waals surface area (Å²) in [4.78, 5) is 21.1. The van der Waals surface area contributed by atoms with Crippen LogP contribution in [0.3, 0.4) is 0 Å². The first-order valence-corrected chi connectivity index (χ1v) is 10.3. The highest BCUT2D eigenvalue weighted by atomic mass is 32.2. The number of rotatable bonds is 6. The number of carbonyl (C=O) groups excluding carboxylic acids is 1. The Hall–Kier alpha value is -3.32. The van der Waals surface area contributed by atoms with Crippen LogP contribution in [0.2, 0.25) is 0 Å². The molecule has 4 rings (SSSR count). The van der Waals surface area contributed by atoms with E-state index in [2.05, 4.69) is 28.3 Å². The number of methoxy groups -OCH3 is 2. The zero-order valence-corrected chi connectivity index (χ0v) is 17.7. The molecule has 2 heterocycles. The summed E-state index contributed by atoms with van der Waals surface area (Å²) in [5.74, 6) is 0.499. The van der Waals surface area contributed by atoms with Crippen LogP contribution in [-0.2, 0) is 9.53 Å². The zero-order chi connectivity index (χ0) is 21.1. The molecule has 0 saturated carbocycles. The Morgan fingerprint density at radius 1 is 1.03 bits per heavy atom. The van der Waals surface area contributed by atoms with Crippen LogP contribution < -0.4 is 4.74 Å². The van der Waals surface area contributed by atoms with E-state index >= 15 is 0 Å². The number of ether oxygens (including phenoxy) is 2. The lowest BCUT2D eigenvalue weighted by Crippen LogP contribution is -2.14. The van der Waals surface area contributed by atoms with E-state index in [1.165, 1.54) is 25.2 Å². The Labute approximate surface area is 178 Å². The molecule has 2 aromatic carbocycles. The predicted molar refractivity (Wildman–Crippen MR) is 118 cm³/mol. The maximum absolute atomic E-state index is 12.0. The van der Waals surface area contributed by atoms with Gasteiger partial charge in [0, 0.05) is 17.4 Å². The highest BCUT2D eigenvalue weighted by Crippen LogP contribution is 2.38. The SMILES string of the molecule is COC(=O)[C@H](C)Sc1ncnc2c1c(-c1ccccc1)cn2-c1ccc(OC)cc1. The van der Waals surface area contributed by atoms with Gasteiger partial charge in [0.05, 0.1) is 19.6 Å². The molecule has 0 amide bonds. The van der Waals surface area contributed by atoms with Gasteiger partial charge in [0.15, 0.2) is 0 Å². The van der Waals surface area contributed by atoms with Gasteiger partial charge in [0.25, 0.3) is 0 Å². The number of hydrogen-bond donors (Lipinski definition) is 0. The van der Waals surface area contributed by atoms with Crippen molar-refractivity contribution in [1.82, 2.24) is 14.5 Å². The van der Waals surface area contributed by atoms with Gasteiger partial charge in [0.1, 0.15) is 28.0 Å². The van der Waals surface area contributed by atoms with E-state index in [0.29, 0.717) is 0 Å². The first-order chi connectivity index (χ1) is 14.6. The maximum atomic E-state index is 12.0. The van der Waals surface area contributed by atoms with Gasteiger partial charge >= 0.3 is 5.97 Å². The lowest BCUT2D eigenvalue weighted by Gasteiger charge is -2.10. The number of thioether (sulfide) groups is 1. The smallest absolute Gasteiger partial charge is 0.318 e. The fourth-order valence-electron chi connectivity index (χ4n) is 3.28. The number of benzene rings is 2. The Morgan fingerprint density at radius 3 is 2.43 bits per heavy atom. The minimum atomic E-state index is -0.388. The van der Waals surface area contributed by atoms with Gasteiger partial charge in [-0.1, -0.05) is 42.1 Å². The summed E-state index contributed by atoms with van der Waals surface area (Å²) in [5.41, 5.74) is 3.78.